The molecule has 0 saturated heterocycles. The molecule has 1 aliphatic carbocycles. The first-order chi connectivity index (χ1) is 12.3. The summed E-state index contributed by atoms with van der Waals surface area (Å²) < 4.78 is 14.8. The van der Waals surface area contributed by atoms with Crippen molar-refractivity contribution in [2.75, 3.05) is 5.32 Å². The molecule has 25 heavy (non-hydrogen) atoms. The maximum absolute atomic E-state index is 13.0. The number of aromatic nitrogens is 4. The third kappa shape index (κ3) is 2.76. The molecule has 4 aromatic rings. The van der Waals surface area contributed by atoms with Gasteiger partial charge in [0.15, 0.2) is 0 Å². The van der Waals surface area contributed by atoms with Gasteiger partial charge in [-0.15, -0.1) is 5.10 Å². The zero-order valence-electron chi connectivity index (χ0n) is 13.1. The fraction of sp³-hybridized carbons (Fsp3) is 0.167. The smallest absolute Gasteiger partial charge is 0.214 e. The van der Waals surface area contributed by atoms with Gasteiger partial charge in [0.2, 0.25) is 10.1 Å². The molecule has 1 aliphatic rings. The Morgan fingerprint density at radius 2 is 2.08 bits per heavy atom. The van der Waals surface area contributed by atoms with Crippen LogP contribution in [0.1, 0.15) is 17.9 Å². The quantitative estimate of drug-likeness (QED) is 0.605. The molecule has 1 N–H and O–H groups in total. The van der Waals surface area contributed by atoms with Gasteiger partial charge in [-0.25, -0.2) is 13.9 Å². The highest BCUT2D eigenvalue weighted by Crippen LogP contribution is 2.43. The van der Waals surface area contributed by atoms with Crippen molar-refractivity contribution in [1.29, 1.82) is 0 Å². The molecule has 3 heterocycles. The Kier molecular flexibility index (Phi) is 3.27. The number of fused-ring (bicyclic) bond motifs is 1. The van der Waals surface area contributed by atoms with Crippen LogP contribution in [0.4, 0.5) is 9.52 Å². The van der Waals surface area contributed by atoms with Crippen LogP contribution in [-0.4, -0.2) is 25.6 Å². The molecule has 2 atom stereocenters. The summed E-state index contributed by atoms with van der Waals surface area (Å²) in [6.07, 6.45) is 6.49. The van der Waals surface area contributed by atoms with Crippen LogP contribution in [0.15, 0.2) is 55.0 Å². The lowest BCUT2D eigenvalue weighted by Gasteiger charge is -2.01. The maximum Gasteiger partial charge on any atom is 0.214 e. The number of hydrogen-bond acceptors (Lipinski definition) is 5. The molecule has 0 bridgehead atoms. The second-order valence-electron chi connectivity index (χ2n) is 6.15. The number of anilines is 1. The average molecular weight is 351 g/mol. The predicted octanol–water partition coefficient (Wildman–Crippen LogP) is 3.96. The molecule has 7 heteroatoms. The number of imidazole rings is 1. The molecule has 0 amide bonds. The van der Waals surface area contributed by atoms with Crippen LogP contribution in [0.5, 0.6) is 0 Å². The number of nitrogens with one attached hydrogen (secondary N) is 1. The normalized spacial score (nSPS) is 19.2. The zero-order valence-corrected chi connectivity index (χ0v) is 13.9. The van der Waals surface area contributed by atoms with Gasteiger partial charge in [0, 0.05) is 29.9 Å². The van der Waals surface area contributed by atoms with Crippen LogP contribution >= 0.6 is 11.3 Å². The van der Waals surface area contributed by atoms with E-state index in [-0.39, 0.29) is 5.82 Å². The molecule has 3 aromatic heterocycles. The number of hydrogen-bond donors (Lipinski definition) is 1. The van der Waals surface area contributed by atoms with Crippen LogP contribution in [0.2, 0.25) is 0 Å². The van der Waals surface area contributed by atoms with E-state index in [1.165, 1.54) is 29.0 Å². The van der Waals surface area contributed by atoms with Crippen LogP contribution in [0.25, 0.3) is 16.2 Å². The van der Waals surface area contributed by atoms with Crippen LogP contribution in [-0.2, 0) is 0 Å². The van der Waals surface area contributed by atoms with Gasteiger partial charge >= 0.3 is 0 Å². The van der Waals surface area contributed by atoms with Gasteiger partial charge in [-0.1, -0.05) is 23.5 Å². The van der Waals surface area contributed by atoms with E-state index in [2.05, 4.69) is 20.4 Å². The van der Waals surface area contributed by atoms with Crippen molar-refractivity contribution < 1.29 is 4.39 Å². The second kappa shape index (κ2) is 5.63. The number of pyridine rings is 1. The van der Waals surface area contributed by atoms with E-state index in [4.69, 9.17) is 0 Å². The monoisotopic (exact) mass is 351 g/mol. The van der Waals surface area contributed by atoms with E-state index in [0.29, 0.717) is 12.0 Å². The molecule has 0 unspecified atom stereocenters. The zero-order chi connectivity index (χ0) is 16.8. The SMILES string of the molecule is Fc1ccc([C@@H]2C[C@H]2Nc2nn3cc(-c4cccnc4)nc3s2)cc1. The Morgan fingerprint density at radius 3 is 2.84 bits per heavy atom. The van der Waals surface area contributed by atoms with Gasteiger partial charge < -0.3 is 5.32 Å². The number of benzene rings is 1. The van der Waals surface area contributed by atoms with Crippen LogP contribution < -0.4 is 5.32 Å². The molecule has 5 nitrogen and oxygen atoms in total. The third-order valence-corrected chi connectivity index (χ3v) is 5.25. The van der Waals surface area contributed by atoms with Crippen molar-refractivity contribution in [2.45, 2.75) is 18.4 Å². The van der Waals surface area contributed by atoms with Crippen molar-refractivity contribution in [3.05, 3.63) is 66.4 Å². The average Bonchev–Trinajstić information content (AvgIpc) is 3.11. The first kappa shape index (κ1) is 14.5. The maximum atomic E-state index is 13.0. The van der Waals surface area contributed by atoms with Crippen molar-refractivity contribution in [1.82, 2.24) is 19.6 Å². The number of halogens is 1. The summed E-state index contributed by atoms with van der Waals surface area (Å²) in [7, 11) is 0. The van der Waals surface area contributed by atoms with Crippen LogP contribution in [0.3, 0.4) is 0 Å². The van der Waals surface area contributed by atoms with Crippen molar-refractivity contribution >= 4 is 21.4 Å². The minimum atomic E-state index is -0.195. The van der Waals surface area contributed by atoms with Crippen molar-refractivity contribution in [3.63, 3.8) is 0 Å². The first-order valence-corrected chi connectivity index (χ1v) is 8.86. The lowest BCUT2D eigenvalue weighted by molar-refractivity contribution is 0.627. The Bertz CT molecular complexity index is 993. The minimum absolute atomic E-state index is 0.195. The van der Waals surface area contributed by atoms with Gasteiger partial charge in [0.25, 0.3) is 0 Å². The topological polar surface area (TPSA) is 55.1 Å². The molecule has 1 aromatic carbocycles. The van der Waals surface area contributed by atoms with E-state index in [1.807, 2.05) is 30.5 Å². The molecule has 0 aliphatic heterocycles. The Balaban J connectivity index is 1.32. The molecule has 5 rings (SSSR count). The highest BCUT2D eigenvalue weighted by atomic mass is 32.1. The molecule has 124 valence electrons. The third-order valence-electron chi connectivity index (χ3n) is 4.40. The fourth-order valence-electron chi connectivity index (χ4n) is 3.00. The standard InChI is InChI=1S/C18H14FN5S/c19-13-5-3-11(4-6-13)14-8-15(14)21-17-23-24-10-16(22-18(24)25-17)12-2-1-7-20-9-12/h1-7,9-10,14-15H,8H2,(H,21,23)/t14-,15+/m0/s1. The largest absolute Gasteiger partial charge is 0.357 e. The summed E-state index contributed by atoms with van der Waals surface area (Å²) in [5, 5.41) is 8.87. The van der Waals surface area contributed by atoms with Crippen molar-refractivity contribution in [2.24, 2.45) is 0 Å². The van der Waals surface area contributed by atoms with E-state index >= 15 is 0 Å². The minimum Gasteiger partial charge on any atom is -0.357 e. The van der Waals surface area contributed by atoms with E-state index < -0.39 is 0 Å². The van der Waals surface area contributed by atoms with E-state index in [1.54, 1.807) is 16.9 Å². The Hall–Kier alpha value is -2.80. The number of nitrogens with zero attached hydrogens (tertiary/aromatic N) is 4. The summed E-state index contributed by atoms with van der Waals surface area (Å²) in [6.45, 7) is 0. The molecule has 1 saturated carbocycles. The highest BCUT2D eigenvalue weighted by Gasteiger charge is 2.39. The summed E-state index contributed by atoms with van der Waals surface area (Å²) in [5.41, 5.74) is 3.02. The number of rotatable bonds is 4. The fourth-order valence-corrected chi connectivity index (χ4v) is 3.85. The van der Waals surface area contributed by atoms with E-state index in [9.17, 15) is 4.39 Å². The summed E-state index contributed by atoms with van der Waals surface area (Å²) in [4.78, 5) is 9.58. The Morgan fingerprint density at radius 1 is 1.20 bits per heavy atom. The second-order valence-corrected chi connectivity index (χ2v) is 7.10. The van der Waals surface area contributed by atoms with Gasteiger partial charge in [-0.2, -0.15) is 0 Å². The predicted molar refractivity (Wildman–Crippen MR) is 95.3 cm³/mol. The summed E-state index contributed by atoms with van der Waals surface area (Å²) in [5.74, 6) is 0.224. The molecule has 1 fully saturated rings. The highest BCUT2D eigenvalue weighted by molar-refractivity contribution is 7.20. The molecular weight excluding hydrogens is 337 g/mol. The van der Waals surface area contributed by atoms with Crippen LogP contribution in [0, 0.1) is 5.82 Å². The lowest BCUT2D eigenvalue weighted by Crippen LogP contribution is -2.04. The Labute approximate surface area is 147 Å². The van der Waals surface area contributed by atoms with Gasteiger partial charge in [0.05, 0.1) is 11.9 Å². The van der Waals surface area contributed by atoms with E-state index in [0.717, 1.165) is 27.8 Å². The van der Waals surface area contributed by atoms with Crippen molar-refractivity contribution in [3.8, 4) is 11.3 Å². The van der Waals surface area contributed by atoms with Gasteiger partial charge in [-0.3, -0.25) is 4.98 Å². The molecule has 0 spiro atoms. The first-order valence-electron chi connectivity index (χ1n) is 8.05. The van der Waals surface area contributed by atoms with Gasteiger partial charge in [-0.05, 0) is 36.2 Å². The summed E-state index contributed by atoms with van der Waals surface area (Å²) in [6, 6.07) is 11.0. The molecular formula is C18H14FN5S. The molecule has 0 radical (unpaired) electrons. The van der Waals surface area contributed by atoms with Gasteiger partial charge in [0.1, 0.15) is 5.82 Å². The summed E-state index contributed by atoms with van der Waals surface area (Å²) >= 11 is 1.53. The lowest BCUT2D eigenvalue weighted by atomic mass is 10.1.